The highest BCUT2D eigenvalue weighted by atomic mass is 16.4. The molecule has 2 N–H and O–H groups in total. The van der Waals surface area contributed by atoms with Crippen molar-refractivity contribution < 1.29 is 14.7 Å². The zero-order chi connectivity index (χ0) is 18.9. The molecule has 0 aromatic heterocycles. The van der Waals surface area contributed by atoms with Crippen LogP contribution in [0.1, 0.15) is 97.8 Å². The summed E-state index contributed by atoms with van der Waals surface area (Å²) in [6.45, 7) is 5.85. The molecule has 0 aromatic rings. The Morgan fingerprint density at radius 3 is 1.92 bits per heavy atom. The average molecular weight is 354 g/mol. The molecule has 4 heteroatoms. The van der Waals surface area contributed by atoms with Crippen LogP contribution in [0.3, 0.4) is 0 Å². The van der Waals surface area contributed by atoms with Crippen LogP contribution in [0.15, 0.2) is 12.2 Å². The molecule has 1 amide bonds. The van der Waals surface area contributed by atoms with Crippen molar-refractivity contribution in [1.29, 1.82) is 0 Å². The minimum atomic E-state index is -0.957. The molecule has 1 atom stereocenters. The molecule has 146 valence electrons. The van der Waals surface area contributed by atoms with Crippen LogP contribution in [0.5, 0.6) is 0 Å². The molecule has 0 spiro atoms. The Morgan fingerprint density at radius 1 is 0.880 bits per heavy atom. The second-order valence-electron chi connectivity index (χ2n) is 7.25. The number of unbranched alkanes of at least 4 members (excludes halogenated alkanes) is 9. The first-order valence-corrected chi connectivity index (χ1v) is 10.2. The van der Waals surface area contributed by atoms with Gasteiger partial charge in [-0.1, -0.05) is 71.4 Å². The summed E-state index contributed by atoms with van der Waals surface area (Å²) in [4.78, 5) is 22.8. The molecule has 0 bridgehead atoms. The van der Waals surface area contributed by atoms with Crippen molar-refractivity contribution in [3.8, 4) is 0 Å². The number of aliphatic carboxylic acids is 1. The number of rotatable bonds is 16. The topological polar surface area (TPSA) is 66.4 Å². The van der Waals surface area contributed by atoms with Crippen LogP contribution in [0.2, 0.25) is 0 Å². The number of carbonyl (C=O) groups is 2. The first kappa shape index (κ1) is 23.7. The summed E-state index contributed by atoms with van der Waals surface area (Å²) in [5.74, 6) is -1.20. The smallest absolute Gasteiger partial charge is 0.326 e. The molecule has 25 heavy (non-hydrogen) atoms. The predicted molar refractivity (Wildman–Crippen MR) is 105 cm³/mol. The number of carboxylic acid groups (broad SMARTS) is 1. The molecule has 0 heterocycles. The van der Waals surface area contributed by atoms with Gasteiger partial charge in [0.15, 0.2) is 0 Å². The van der Waals surface area contributed by atoms with Gasteiger partial charge in [0.25, 0.3) is 0 Å². The molecule has 0 saturated heterocycles. The van der Waals surface area contributed by atoms with E-state index in [1.54, 1.807) is 13.8 Å². The van der Waals surface area contributed by atoms with Crippen LogP contribution >= 0.6 is 0 Å². The molecule has 0 aliphatic rings. The number of allylic oxidation sites excluding steroid dienone is 2. The number of hydrogen-bond acceptors (Lipinski definition) is 2. The maximum Gasteiger partial charge on any atom is 0.326 e. The van der Waals surface area contributed by atoms with Gasteiger partial charge in [-0.25, -0.2) is 4.79 Å². The summed E-state index contributed by atoms with van der Waals surface area (Å²) in [7, 11) is 0. The number of carboxylic acids is 1. The number of amides is 1. The Bertz CT molecular complexity index is 377. The molecule has 1 unspecified atom stereocenters. The Hall–Kier alpha value is -1.32. The van der Waals surface area contributed by atoms with Gasteiger partial charge in [-0.05, 0) is 38.0 Å². The van der Waals surface area contributed by atoms with Crippen LogP contribution in [0.4, 0.5) is 0 Å². The zero-order valence-electron chi connectivity index (χ0n) is 16.6. The highest BCUT2D eigenvalue weighted by Gasteiger charge is 2.22. The van der Waals surface area contributed by atoms with Crippen molar-refractivity contribution in [2.75, 3.05) is 0 Å². The van der Waals surface area contributed by atoms with Gasteiger partial charge in [-0.2, -0.15) is 0 Å². The van der Waals surface area contributed by atoms with Crippen molar-refractivity contribution in [3.63, 3.8) is 0 Å². The van der Waals surface area contributed by atoms with Crippen molar-refractivity contribution in [1.82, 2.24) is 5.32 Å². The normalized spacial score (nSPS) is 12.6. The average Bonchev–Trinajstić information content (AvgIpc) is 2.56. The Kier molecular flexibility index (Phi) is 15.3. The van der Waals surface area contributed by atoms with E-state index in [1.165, 1.54) is 44.9 Å². The van der Waals surface area contributed by atoms with Gasteiger partial charge in [-0.3, -0.25) is 4.79 Å². The monoisotopic (exact) mass is 353 g/mol. The van der Waals surface area contributed by atoms with Crippen molar-refractivity contribution in [3.05, 3.63) is 12.2 Å². The van der Waals surface area contributed by atoms with E-state index in [9.17, 15) is 9.59 Å². The lowest BCUT2D eigenvalue weighted by molar-refractivity contribution is -0.143. The SMILES string of the molecule is CCCCCCC=CCCCCCCCC(=O)NC(C(=O)O)C(C)C. The molecule has 0 aliphatic heterocycles. The first-order chi connectivity index (χ1) is 12.0. The van der Waals surface area contributed by atoms with Gasteiger partial charge in [0.1, 0.15) is 6.04 Å². The van der Waals surface area contributed by atoms with Crippen molar-refractivity contribution >= 4 is 11.9 Å². The minimum absolute atomic E-state index is 0.0962. The third-order valence-corrected chi connectivity index (χ3v) is 4.41. The third kappa shape index (κ3) is 14.7. The van der Waals surface area contributed by atoms with Gasteiger partial charge in [-0.15, -0.1) is 0 Å². The molecule has 4 nitrogen and oxygen atoms in total. The molecule has 0 saturated carbocycles. The molecule has 0 aromatic carbocycles. The largest absolute Gasteiger partial charge is 0.480 e. The summed E-state index contributed by atoms with van der Waals surface area (Å²) < 4.78 is 0. The Balaban J connectivity index is 3.50. The second kappa shape index (κ2) is 16.2. The quantitative estimate of drug-likeness (QED) is 0.286. The summed E-state index contributed by atoms with van der Waals surface area (Å²) >= 11 is 0. The highest BCUT2D eigenvalue weighted by Crippen LogP contribution is 2.09. The van der Waals surface area contributed by atoms with E-state index in [1.807, 2.05) is 0 Å². The lowest BCUT2D eigenvalue weighted by atomic mass is 10.0. The van der Waals surface area contributed by atoms with E-state index in [0.717, 1.165) is 25.7 Å². The number of carbonyl (C=O) groups excluding carboxylic acids is 1. The zero-order valence-corrected chi connectivity index (χ0v) is 16.6. The van der Waals surface area contributed by atoms with Crippen LogP contribution in [-0.4, -0.2) is 23.0 Å². The van der Waals surface area contributed by atoms with Gasteiger partial charge in [0, 0.05) is 6.42 Å². The van der Waals surface area contributed by atoms with Crippen LogP contribution < -0.4 is 5.32 Å². The fraction of sp³-hybridized carbons (Fsp3) is 0.810. The van der Waals surface area contributed by atoms with Crippen LogP contribution in [0, 0.1) is 5.92 Å². The fourth-order valence-electron chi connectivity index (χ4n) is 2.76. The van der Waals surface area contributed by atoms with Gasteiger partial charge < -0.3 is 10.4 Å². The molecule has 0 fully saturated rings. The Morgan fingerprint density at radius 2 is 1.40 bits per heavy atom. The third-order valence-electron chi connectivity index (χ3n) is 4.41. The molecule has 0 radical (unpaired) electrons. The van der Waals surface area contributed by atoms with Crippen LogP contribution in [0.25, 0.3) is 0 Å². The van der Waals surface area contributed by atoms with E-state index in [0.29, 0.717) is 6.42 Å². The Labute approximate surface area is 154 Å². The van der Waals surface area contributed by atoms with Gasteiger partial charge in [0.05, 0.1) is 0 Å². The minimum Gasteiger partial charge on any atom is -0.480 e. The van der Waals surface area contributed by atoms with Gasteiger partial charge in [0.2, 0.25) is 5.91 Å². The maximum absolute atomic E-state index is 11.8. The molecular formula is C21H39NO3. The fourth-order valence-corrected chi connectivity index (χ4v) is 2.76. The number of hydrogen-bond donors (Lipinski definition) is 2. The van der Waals surface area contributed by atoms with Crippen molar-refractivity contribution in [2.45, 2.75) is 104 Å². The predicted octanol–water partition coefficient (Wildman–Crippen LogP) is 5.47. The van der Waals surface area contributed by atoms with Crippen LogP contribution in [-0.2, 0) is 9.59 Å². The maximum atomic E-state index is 11.8. The standard InChI is InChI=1S/C21H39NO3/c1-4-5-6-7-8-9-10-11-12-13-14-15-16-17-19(23)22-20(18(2)3)21(24)25/h9-10,18,20H,4-8,11-17H2,1-3H3,(H,22,23)(H,24,25). The summed E-state index contributed by atoms with van der Waals surface area (Å²) in [6.07, 6.45) is 18.1. The van der Waals surface area contributed by atoms with E-state index >= 15 is 0 Å². The molecule has 0 rings (SSSR count). The summed E-state index contributed by atoms with van der Waals surface area (Å²) in [6, 6.07) is -0.777. The highest BCUT2D eigenvalue weighted by molar-refractivity contribution is 5.83. The van der Waals surface area contributed by atoms with E-state index in [-0.39, 0.29) is 11.8 Å². The summed E-state index contributed by atoms with van der Waals surface area (Å²) in [5.41, 5.74) is 0. The molecular weight excluding hydrogens is 314 g/mol. The summed E-state index contributed by atoms with van der Waals surface area (Å²) in [5, 5.41) is 11.7. The van der Waals surface area contributed by atoms with E-state index in [4.69, 9.17) is 5.11 Å². The second-order valence-corrected chi connectivity index (χ2v) is 7.25. The lowest BCUT2D eigenvalue weighted by Gasteiger charge is -2.17. The molecule has 0 aliphatic carbocycles. The lowest BCUT2D eigenvalue weighted by Crippen LogP contribution is -2.44. The van der Waals surface area contributed by atoms with Crippen molar-refractivity contribution in [2.24, 2.45) is 5.92 Å². The first-order valence-electron chi connectivity index (χ1n) is 10.2. The number of nitrogens with one attached hydrogen (secondary N) is 1. The van der Waals surface area contributed by atoms with Gasteiger partial charge >= 0.3 is 5.97 Å². The van der Waals surface area contributed by atoms with E-state index in [2.05, 4.69) is 24.4 Å². The van der Waals surface area contributed by atoms with E-state index < -0.39 is 12.0 Å².